The van der Waals surface area contributed by atoms with Crippen LogP contribution in [0.15, 0.2) is 11.6 Å². The molecule has 0 rings (SSSR count). The summed E-state index contributed by atoms with van der Waals surface area (Å²) in [4.78, 5) is 11.4. The van der Waals surface area contributed by atoms with E-state index in [0.29, 0.717) is 6.61 Å². The molecule has 82 valence electrons. The Labute approximate surface area is 86.9 Å². The molecular formula is C11H22NO2+. The Bertz CT molecular complexity index is 214. The van der Waals surface area contributed by atoms with E-state index in [1.807, 2.05) is 19.9 Å². The van der Waals surface area contributed by atoms with Crippen LogP contribution in [0.5, 0.6) is 0 Å². The third kappa shape index (κ3) is 5.75. The van der Waals surface area contributed by atoms with Gasteiger partial charge in [-0.3, -0.25) is 0 Å². The summed E-state index contributed by atoms with van der Waals surface area (Å²) in [6.07, 6.45) is 2.55. The van der Waals surface area contributed by atoms with Gasteiger partial charge in [0.05, 0.1) is 21.1 Å². The molecule has 0 aliphatic heterocycles. The molecular weight excluding hydrogens is 178 g/mol. The fraction of sp³-hybridized carbons (Fsp3) is 0.727. The maximum Gasteiger partial charge on any atom is 0.333 e. The predicted octanol–water partition coefficient (Wildman–Crippen LogP) is 1.59. The summed E-state index contributed by atoms with van der Waals surface area (Å²) in [6, 6.07) is 0. The zero-order valence-electron chi connectivity index (χ0n) is 9.96. The van der Waals surface area contributed by atoms with Crippen LogP contribution < -0.4 is 0 Å². The zero-order valence-corrected chi connectivity index (χ0v) is 9.96. The van der Waals surface area contributed by atoms with E-state index in [2.05, 4.69) is 21.1 Å². The molecule has 0 aliphatic rings. The number of ether oxygens (including phenoxy) is 1. The van der Waals surface area contributed by atoms with Crippen molar-refractivity contribution in [3.05, 3.63) is 11.6 Å². The zero-order chi connectivity index (χ0) is 11.2. The first-order valence-electron chi connectivity index (χ1n) is 5.03. The van der Waals surface area contributed by atoms with Crippen LogP contribution in [-0.4, -0.2) is 44.7 Å². The molecule has 3 heteroatoms. The highest BCUT2D eigenvalue weighted by molar-refractivity contribution is 5.88. The van der Waals surface area contributed by atoms with Gasteiger partial charge in [-0.05, 0) is 13.3 Å². The summed E-state index contributed by atoms with van der Waals surface area (Å²) in [5.74, 6) is -0.177. The lowest BCUT2D eigenvalue weighted by molar-refractivity contribution is -0.870. The molecule has 14 heavy (non-hydrogen) atoms. The Morgan fingerprint density at radius 1 is 1.36 bits per heavy atom. The van der Waals surface area contributed by atoms with Crippen molar-refractivity contribution in [2.75, 3.05) is 34.3 Å². The molecule has 0 aromatic rings. The summed E-state index contributed by atoms with van der Waals surface area (Å²) in [5, 5.41) is 0. The molecule has 0 heterocycles. The monoisotopic (exact) mass is 200 g/mol. The van der Waals surface area contributed by atoms with Gasteiger partial charge in [-0.1, -0.05) is 13.0 Å². The first-order chi connectivity index (χ1) is 6.40. The van der Waals surface area contributed by atoms with Gasteiger partial charge in [0, 0.05) is 5.57 Å². The van der Waals surface area contributed by atoms with E-state index in [4.69, 9.17) is 4.74 Å². The van der Waals surface area contributed by atoms with E-state index in [1.54, 1.807) is 0 Å². The van der Waals surface area contributed by atoms with Crippen molar-refractivity contribution >= 4 is 5.97 Å². The van der Waals surface area contributed by atoms with E-state index in [0.717, 1.165) is 23.0 Å². The number of nitrogens with zero attached hydrogens (tertiary/aromatic N) is 1. The van der Waals surface area contributed by atoms with Gasteiger partial charge in [0.1, 0.15) is 13.2 Å². The molecule has 0 fully saturated rings. The Kier molecular flexibility index (Phi) is 5.46. The molecule has 0 atom stereocenters. The standard InChI is InChI=1S/C11H22NO2/c1-6-10(7-2)11(13)14-9-8-12(3,4)5/h6H,7-9H2,1-5H3/q+1. The SMILES string of the molecule is CC=C(CC)C(=O)OCC[N+](C)(C)C. The van der Waals surface area contributed by atoms with Crippen LogP contribution in [0.2, 0.25) is 0 Å². The average molecular weight is 200 g/mol. The van der Waals surface area contributed by atoms with E-state index in [1.165, 1.54) is 0 Å². The predicted molar refractivity (Wildman–Crippen MR) is 57.9 cm³/mol. The van der Waals surface area contributed by atoms with Crippen LogP contribution in [0.3, 0.4) is 0 Å². The minimum Gasteiger partial charge on any atom is -0.456 e. The minimum absolute atomic E-state index is 0.177. The van der Waals surface area contributed by atoms with Crippen LogP contribution in [0.4, 0.5) is 0 Å². The molecule has 0 saturated heterocycles. The number of rotatable bonds is 5. The summed E-state index contributed by atoms with van der Waals surface area (Å²) in [5.41, 5.74) is 0.756. The highest BCUT2D eigenvalue weighted by Gasteiger charge is 2.11. The Hall–Kier alpha value is -0.830. The van der Waals surface area contributed by atoms with Crippen molar-refractivity contribution in [2.24, 2.45) is 0 Å². The Balaban J connectivity index is 3.86. The summed E-state index contributed by atoms with van der Waals surface area (Å²) in [6.45, 7) is 5.14. The summed E-state index contributed by atoms with van der Waals surface area (Å²) >= 11 is 0. The van der Waals surface area contributed by atoms with Gasteiger partial charge >= 0.3 is 5.97 Å². The number of allylic oxidation sites excluding steroid dienone is 1. The van der Waals surface area contributed by atoms with Crippen molar-refractivity contribution in [1.29, 1.82) is 0 Å². The highest BCUT2D eigenvalue weighted by atomic mass is 16.5. The van der Waals surface area contributed by atoms with Gasteiger partial charge in [0.25, 0.3) is 0 Å². The largest absolute Gasteiger partial charge is 0.456 e. The molecule has 0 aromatic heterocycles. The highest BCUT2D eigenvalue weighted by Crippen LogP contribution is 2.03. The number of hydrogen-bond acceptors (Lipinski definition) is 2. The van der Waals surface area contributed by atoms with Gasteiger partial charge < -0.3 is 9.22 Å². The molecule has 3 nitrogen and oxygen atoms in total. The van der Waals surface area contributed by atoms with Crippen LogP contribution in [0.1, 0.15) is 20.3 Å². The third-order valence-electron chi connectivity index (χ3n) is 1.99. The van der Waals surface area contributed by atoms with Gasteiger partial charge in [0.15, 0.2) is 0 Å². The number of carbonyl (C=O) groups is 1. The Morgan fingerprint density at radius 2 is 1.93 bits per heavy atom. The van der Waals surface area contributed by atoms with Gasteiger partial charge in [-0.25, -0.2) is 4.79 Å². The number of carbonyl (C=O) groups excluding carboxylic acids is 1. The molecule has 0 N–H and O–H groups in total. The Morgan fingerprint density at radius 3 is 2.29 bits per heavy atom. The number of quaternary nitrogens is 1. The van der Waals surface area contributed by atoms with E-state index in [9.17, 15) is 4.79 Å². The van der Waals surface area contributed by atoms with Gasteiger partial charge in [-0.15, -0.1) is 0 Å². The number of esters is 1. The van der Waals surface area contributed by atoms with Crippen molar-refractivity contribution in [3.63, 3.8) is 0 Å². The fourth-order valence-corrected chi connectivity index (χ4v) is 0.971. The molecule has 0 aliphatic carbocycles. The number of hydrogen-bond donors (Lipinski definition) is 0. The molecule has 0 radical (unpaired) electrons. The smallest absolute Gasteiger partial charge is 0.333 e. The third-order valence-corrected chi connectivity index (χ3v) is 1.99. The van der Waals surface area contributed by atoms with Gasteiger partial charge in [0.2, 0.25) is 0 Å². The van der Waals surface area contributed by atoms with Crippen LogP contribution in [0.25, 0.3) is 0 Å². The summed E-state index contributed by atoms with van der Waals surface area (Å²) in [7, 11) is 6.22. The maximum absolute atomic E-state index is 11.4. The van der Waals surface area contributed by atoms with Crippen molar-refractivity contribution in [1.82, 2.24) is 0 Å². The molecule has 0 spiro atoms. The van der Waals surface area contributed by atoms with Crippen molar-refractivity contribution in [2.45, 2.75) is 20.3 Å². The first kappa shape index (κ1) is 13.2. The van der Waals surface area contributed by atoms with Crippen molar-refractivity contribution < 1.29 is 14.0 Å². The van der Waals surface area contributed by atoms with E-state index in [-0.39, 0.29) is 5.97 Å². The topological polar surface area (TPSA) is 26.3 Å². The lowest BCUT2D eigenvalue weighted by Crippen LogP contribution is -2.38. The quantitative estimate of drug-likeness (QED) is 0.383. The molecule has 0 saturated carbocycles. The number of likely N-dealkylation sites (N-methyl/N-ethyl adjacent to an activating group) is 1. The van der Waals surface area contributed by atoms with Crippen LogP contribution >= 0.6 is 0 Å². The maximum atomic E-state index is 11.4. The van der Waals surface area contributed by atoms with Crippen LogP contribution in [-0.2, 0) is 9.53 Å². The second-order valence-corrected chi connectivity index (χ2v) is 4.32. The first-order valence-corrected chi connectivity index (χ1v) is 5.03. The molecule has 0 unspecified atom stereocenters. The molecule has 0 aromatic carbocycles. The molecule has 0 bridgehead atoms. The van der Waals surface area contributed by atoms with Gasteiger partial charge in [-0.2, -0.15) is 0 Å². The second-order valence-electron chi connectivity index (χ2n) is 4.32. The van der Waals surface area contributed by atoms with E-state index < -0.39 is 0 Å². The summed E-state index contributed by atoms with van der Waals surface area (Å²) < 4.78 is 5.95. The van der Waals surface area contributed by atoms with E-state index >= 15 is 0 Å². The normalized spacial score (nSPS) is 12.8. The average Bonchev–Trinajstić information content (AvgIpc) is 2.04. The minimum atomic E-state index is -0.177. The molecule has 0 amide bonds. The van der Waals surface area contributed by atoms with Crippen molar-refractivity contribution in [3.8, 4) is 0 Å². The van der Waals surface area contributed by atoms with Crippen LogP contribution in [0, 0.1) is 0 Å². The second kappa shape index (κ2) is 5.81. The lowest BCUT2D eigenvalue weighted by atomic mass is 10.2. The fourth-order valence-electron chi connectivity index (χ4n) is 0.971. The lowest BCUT2D eigenvalue weighted by Gasteiger charge is -2.23.